The summed E-state index contributed by atoms with van der Waals surface area (Å²) < 4.78 is 18.2. The average molecular weight is 456 g/mol. The molecule has 1 aliphatic rings. The molecule has 4 rings (SSSR count). The lowest BCUT2D eigenvalue weighted by Gasteiger charge is -2.33. The van der Waals surface area contributed by atoms with Gasteiger partial charge in [0.1, 0.15) is 5.82 Å². The van der Waals surface area contributed by atoms with Crippen LogP contribution < -0.4 is 0 Å². The molecular formula is C22H22FN5O3S. The van der Waals surface area contributed by atoms with Crippen molar-refractivity contribution in [1.29, 1.82) is 0 Å². The molecular weight excluding hydrogens is 433 g/mol. The average Bonchev–Trinajstić information content (AvgIpc) is 3.37. The number of aromatic nitrogens is 4. The van der Waals surface area contributed by atoms with Gasteiger partial charge in [-0.05, 0) is 30.5 Å². The highest BCUT2D eigenvalue weighted by Gasteiger charge is 2.29. The van der Waals surface area contributed by atoms with Crippen molar-refractivity contribution in [3.8, 4) is 11.1 Å². The lowest BCUT2D eigenvalue weighted by atomic mass is 9.89. The molecule has 0 bridgehead atoms. The molecule has 0 radical (unpaired) electrons. The molecule has 3 aromatic rings. The zero-order valence-electron chi connectivity index (χ0n) is 17.5. The van der Waals surface area contributed by atoms with Crippen LogP contribution >= 0.6 is 11.8 Å². The van der Waals surface area contributed by atoms with Crippen LogP contribution in [0, 0.1) is 5.82 Å². The Bertz CT molecular complexity index is 1090. The van der Waals surface area contributed by atoms with Gasteiger partial charge in [-0.3, -0.25) is 14.7 Å². The Hall–Kier alpha value is -3.27. The minimum Gasteiger partial charge on any atom is -0.468 e. The number of H-pyrrole nitrogens is 1. The van der Waals surface area contributed by atoms with E-state index in [0.717, 1.165) is 29.7 Å². The van der Waals surface area contributed by atoms with Crippen LogP contribution in [0.25, 0.3) is 11.1 Å². The van der Waals surface area contributed by atoms with Gasteiger partial charge in [-0.15, -0.1) is 0 Å². The van der Waals surface area contributed by atoms with Crippen molar-refractivity contribution in [2.45, 2.75) is 23.9 Å². The van der Waals surface area contributed by atoms with Crippen LogP contribution in [-0.2, 0) is 9.53 Å². The molecule has 2 aromatic heterocycles. The zero-order chi connectivity index (χ0) is 22.5. The molecule has 8 nitrogen and oxygen atoms in total. The third-order valence-electron chi connectivity index (χ3n) is 5.34. The van der Waals surface area contributed by atoms with E-state index in [1.54, 1.807) is 29.4 Å². The van der Waals surface area contributed by atoms with Crippen molar-refractivity contribution >= 4 is 23.6 Å². The first-order chi connectivity index (χ1) is 15.5. The molecule has 166 valence electrons. The van der Waals surface area contributed by atoms with Gasteiger partial charge in [0.25, 0.3) is 5.91 Å². The third-order valence-corrected chi connectivity index (χ3v) is 6.17. The maximum absolute atomic E-state index is 13.5. The van der Waals surface area contributed by atoms with Crippen LogP contribution in [0.15, 0.2) is 48.0 Å². The van der Waals surface area contributed by atoms with E-state index in [9.17, 15) is 14.0 Å². The Kier molecular flexibility index (Phi) is 6.79. The summed E-state index contributed by atoms with van der Waals surface area (Å²) in [6.07, 6.45) is 6.48. The molecule has 1 aromatic carbocycles. The topological polar surface area (TPSA) is 101 Å². The maximum Gasteiger partial charge on any atom is 0.316 e. The zero-order valence-corrected chi connectivity index (χ0v) is 18.3. The summed E-state index contributed by atoms with van der Waals surface area (Å²) in [6.45, 7) is 1.15. The van der Waals surface area contributed by atoms with E-state index in [2.05, 4.69) is 15.2 Å². The van der Waals surface area contributed by atoms with Crippen molar-refractivity contribution in [1.82, 2.24) is 25.1 Å². The smallest absolute Gasteiger partial charge is 0.316 e. The highest BCUT2D eigenvalue weighted by Crippen LogP contribution is 2.34. The Morgan fingerprint density at radius 3 is 2.81 bits per heavy atom. The predicted molar refractivity (Wildman–Crippen MR) is 117 cm³/mol. The van der Waals surface area contributed by atoms with Crippen LogP contribution in [0.5, 0.6) is 0 Å². The first-order valence-corrected chi connectivity index (χ1v) is 11.1. The van der Waals surface area contributed by atoms with E-state index in [1.165, 1.54) is 37.2 Å². The van der Waals surface area contributed by atoms with Crippen molar-refractivity contribution in [3.63, 3.8) is 0 Å². The van der Waals surface area contributed by atoms with Gasteiger partial charge < -0.3 is 9.64 Å². The van der Waals surface area contributed by atoms with E-state index < -0.39 is 0 Å². The SMILES string of the molecule is COC(=O)CSc1ncc(-c2ccc(F)cc2)c(C2CCCN(C(=O)c3cn[nH]c3)C2)n1. The molecule has 1 atom stereocenters. The van der Waals surface area contributed by atoms with E-state index in [0.29, 0.717) is 23.8 Å². The summed E-state index contributed by atoms with van der Waals surface area (Å²) >= 11 is 1.19. The number of nitrogens with zero attached hydrogens (tertiary/aromatic N) is 4. The van der Waals surface area contributed by atoms with Gasteiger partial charge in [0, 0.05) is 37.0 Å². The number of methoxy groups -OCH3 is 1. The monoisotopic (exact) mass is 455 g/mol. The van der Waals surface area contributed by atoms with Gasteiger partial charge in [-0.2, -0.15) is 5.10 Å². The fourth-order valence-corrected chi connectivity index (χ4v) is 4.38. The van der Waals surface area contributed by atoms with Crippen LogP contribution in [0.2, 0.25) is 0 Å². The number of carbonyl (C=O) groups is 2. The van der Waals surface area contributed by atoms with Crippen LogP contribution in [0.3, 0.4) is 0 Å². The summed E-state index contributed by atoms with van der Waals surface area (Å²) in [6, 6.07) is 6.18. The highest BCUT2D eigenvalue weighted by atomic mass is 32.2. The molecule has 3 heterocycles. The van der Waals surface area contributed by atoms with Crippen LogP contribution in [0.1, 0.15) is 34.8 Å². The molecule has 1 saturated heterocycles. The second-order valence-corrected chi connectivity index (χ2v) is 8.34. The van der Waals surface area contributed by atoms with Crippen molar-refractivity contribution in [2.24, 2.45) is 0 Å². The number of benzene rings is 1. The third kappa shape index (κ3) is 4.96. The molecule has 32 heavy (non-hydrogen) atoms. The number of halogens is 1. The predicted octanol–water partition coefficient (Wildman–Crippen LogP) is 3.29. The number of nitrogens with one attached hydrogen (secondary N) is 1. The van der Waals surface area contributed by atoms with Gasteiger partial charge in [-0.1, -0.05) is 23.9 Å². The number of rotatable bonds is 6. The first-order valence-electron chi connectivity index (χ1n) is 10.2. The van der Waals surface area contributed by atoms with Crippen molar-refractivity contribution < 1.29 is 18.7 Å². The summed E-state index contributed by atoms with van der Waals surface area (Å²) in [7, 11) is 1.33. The Morgan fingerprint density at radius 1 is 1.28 bits per heavy atom. The van der Waals surface area contributed by atoms with Gasteiger partial charge in [0.05, 0.1) is 30.3 Å². The Labute approximate surface area is 188 Å². The van der Waals surface area contributed by atoms with Gasteiger partial charge in [0.2, 0.25) is 0 Å². The largest absolute Gasteiger partial charge is 0.468 e. The van der Waals surface area contributed by atoms with E-state index in [-0.39, 0.29) is 29.4 Å². The van der Waals surface area contributed by atoms with Gasteiger partial charge in [0.15, 0.2) is 5.16 Å². The second-order valence-electron chi connectivity index (χ2n) is 7.40. The van der Waals surface area contributed by atoms with Crippen molar-refractivity contribution in [2.75, 3.05) is 26.0 Å². The minimum atomic E-state index is -0.364. The quantitative estimate of drug-likeness (QED) is 0.346. The number of amides is 1. The molecule has 10 heteroatoms. The lowest BCUT2D eigenvalue weighted by molar-refractivity contribution is -0.137. The standard InChI is InChI=1S/C22H22FN5O3S/c1-31-19(29)13-32-22-24-11-18(14-4-6-17(23)7-5-14)20(27-22)15-3-2-8-28(12-15)21(30)16-9-25-26-10-16/h4-7,9-11,15H,2-3,8,12-13H2,1H3,(H,25,26). The molecule has 1 aliphatic heterocycles. The summed E-state index contributed by atoms with van der Waals surface area (Å²) in [5, 5.41) is 6.99. The summed E-state index contributed by atoms with van der Waals surface area (Å²) in [5.41, 5.74) is 2.88. The number of aromatic amines is 1. The minimum absolute atomic E-state index is 0.0277. The van der Waals surface area contributed by atoms with E-state index >= 15 is 0 Å². The first kappa shape index (κ1) is 21.9. The number of hydrogen-bond donors (Lipinski definition) is 1. The Balaban J connectivity index is 1.64. The summed E-state index contributed by atoms with van der Waals surface area (Å²) in [5.74, 6) is -0.698. The molecule has 0 aliphatic carbocycles. The van der Waals surface area contributed by atoms with Crippen LogP contribution in [-0.4, -0.2) is 62.9 Å². The molecule has 1 fully saturated rings. The normalized spacial score (nSPS) is 16.1. The maximum atomic E-state index is 13.5. The Morgan fingerprint density at radius 2 is 2.09 bits per heavy atom. The van der Waals surface area contributed by atoms with E-state index in [4.69, 9.17) is 9.72 Å². The molecule has 1 amide bonds. The summed E-state index contributed by atoms with van der Waals surface area (Å²) in [4.78, 5) is 35.3. The number of piperidine rings is 1. The number of esters is 1. The number of likely N-dealkylation sites (tertiary alicyclic amines) is 1. The van der Waals surface area contributed by atoms with E-state index in [1.807, 2.05) is 0 Å². The number of thioether (sulfide) groups is 1. The van der Waals surface area contributed by atoms with Crippen molar-refractivity contribution in [3.05, 3.63) is 59.9 Å². The highest BCUT2D eigenvalue weighted by molar-refractivity contribution is 7.99. The van der Waals surface area contributed by atoms with Gasteiger partial charge in [-0.25, -0.2) is 14.4 Å². The molecule has 1 N–H and O–H groups in total. The molecule has 0 saturated carbocycles. The van der Waals surface area contributed by atoms with Crippen LogP contribution in [0.4, 0.5) is 4.39 Å². The fraction of sp³-hybridized carbons (Fsp3) is 0.318. The number of ether oxygens (including phenoxy) is 1. The number of carbonyl (C=O) groups excluding carboxylic acids is 2. The fourth-order valence-electron chi connectivity index (χ4n) is 3.73. The second kappa shape index (κ2) is 9.90. The molecule has 1 unspecified atom stereocenters. The number of hydrogen-bond acceptors (Lipinski definition) is 7. The lowest BCUT2D eigenvalue weighted by Crippen LogP contribution is -2.39. The molecule has 0 spiro atoms. The van der Waals surface area contributed by atoms with Gasteiger partial charge >= 0.3 is 5.97 Å².